The van der Waals surface area contributed by atoms with Gasteiger partial charge in [0.25, 0.3) is 0 Å². The van der Waals surface area contributed by atoms with Crippen LogP contribution in [0.5, 0.6) is 11.8 Å². The van der Waals surface area contributed by atoms with Crippen LogP contribution in [0.3, 0.4) is 0 Å². The molecule has 248 valence electrons. The van der Waals surface area contributed by atoms with Crippen molar-refractivity contribution in [3.63, 3.8) is 0 Å². The Kier molecular flexibility index (Phi) is 7.29. The topological polar surface area (TPSA) is 82.0 Å². The van der Waals surface area contributed by atoms with Gasteiger partial charge in [0.1, 0.15) is 41.5 Å². The molecule has 1 aromatic heterocycles. The molecule has 1 aliphatic carbocycles. The molecule has 1 saturated carbocycles. The number of aliphatic hydroxyl groups excluding tert-OH is 1. The average molecular weight is 651 g/mol. The van der Waals surface area contributed by atoms with E-state index in [2.05, 4.69) is 9.88 Å². The predicted molar refractivity (Wildman–Crippen MR) is 171 cm³/mol. The summed E-state index contributed by atoms with van der Waals surface area (Å²) in [4.78, 5) is 13.4. The van der Waals surface area contributed by atoms with Crippen LogP contribution < -0.4 is 9.64 Å². The Morgan fingerprint density at radius 3 is 2.60 bits per heavy atom. The van der Waals surface area contributed by atoms with Crippen LogP contribution in [0, 0.1) is 22.9 Å². The molecule has 8 rings (SSSR count). The molecule has 3 aliphatic heterocycles. The smallest absolute Gasteiger partial charge is 0.319 e. The zero-order chi connectivity index (χ0) is 32.7. The van der Waals surface area contributed by atoms with Gasteiger partial charge in [-0.05, 0) is 103 Å². The van der Waals surface area contributed by atoms with Gasteiger partial charge in [0.15, 0.2) is 5.82 Å². The van der Waals surface area contributed by atoms with Crippen LogP contribution in [0.25, 0.3) is 32.8 Å². The normalized spacial score (nSPS) is 27.6. The molecule has 0 unspecified atom stereocenters. The maximum Gasteiger partial charge on any atom is 0.319 e. The number of phenols is 1. The van der Waals surface area contributed by atoms with Crippen molar-refractivity contribution in [2.75, 3.05) is 37.7 Å². The Morgan fingerprint density at radius 2 is 1.81 bits per heavy atom. The number of anilines is 1. The van der Waals surface area contributed by atoms with E-state index in [1.165, 1.54) is 30.3 Å². The zero-order valence-corrected chi connectivity index (χ0v) is 26.3. The lowest BCUT2D eigenvalue weighted by molar-refractivity contribution is -0.0396. The number of fused-ring (bicyclic) bond motifs is 3. The van der Waals surface area contributed by atoms with Crippen LogP contribution in [0.15, 0.2) is 30.3 Å². The van der Waals surface area contributed by atoms with E-state index in [0.29, 0.717) is 55.5 Å². The number of rotatable bonds is 6. The molecule has 3 aromatic carbocycles. The number of benzene rings is 3. The predicted octanol–water partition coefficient (Wildman–Crippen LogP) is 6.83. The van der Waals surface area contributed by atoms with Gasteiger partial charge >= 0.3 is 6.01 Å². The molecule has 4 aromatic rings. The summed E-state index contributed by atoms with van der Waals surface area (Å²) < 4.78 is 69.0. The third-order valence-electron chi connectivity index (χ3n) is 11.1. The fourth-order valence-electron chi connectivity index (χ4n) is 9.06. The van der Waals surface area contributed by atoms with Crippen LogP contribution in [0.1, 0.15) is 57.4 Å². The Labute approximate surface area is 270 Å². The first-order chi connectivity index (χ1) is 22.6. The van der Waals surface area contributed by atoms with Gasteiger partial charge in [-0.15, -0.1) is 0 Å². The number of hydrogen-bond acceptors (Lipinski definition) is 7. The zero-order valence-electron chi connectivity index (χ0n) is 26.3. The highest BCUT2D eigenvalue weighted by Gasteiger charge is 2.50. The Morgan fingerprint density at radius 1 is 1.00 bits per heavy atom. The van der Waals surface area contributed by atoms with Gasteiger partial charge in [-0.25, -0.2) is 17.6 Å². The third-order valence-corrected chi connectivity index (χ3v) is 11.1. The van der Waals surface area contributed by atoms with Crippen molar-refractivity contribution >= 4 is 27.5 Å². The van der Waals surface area contributed by atoms with Gasteiger partial charge < -0.3 is 19.8 Å². The lowest BCUT2D eigenvalue weighted by atomic mass is 9.62. The lowest BCUT2D eigenvalue weighted by Gasteiger charge is -2.51. The molecule has 47 heavy (non-hydrogen) atoms. The fourth-order valence-corrected chi connectivity index (χ4v) is 9.06. The Bertz CT molecular complexity index is 1890. The number of aromatic nitrogens is 2. The van der Waals surface area contributed by atoms with Crippen LogP contribution in [0.2, 0.25) is 0 Å². The summed E-state index contributed by atoms with van der Waals surface area (Å²) in [5, 5.41) is 21.7. The van der Waals surface area contributed by atoms with Crippen molar-refractivity contribution in [2.45, 2.75) is 76.1 Å². The van der Waals surface area contributed by atoms with E-state index < -0.39 is 34.7 Å². The number of ether oxygens (including phenoxy) is 1. The highest BCUT2D eigenvalue weighted by atomic mass is 19.1. The van der Waals surface area contributed by atoms with Gasteiger partial charge in [-0.3, -0.25) is 4.90 Å². The minimum Gasteiger partial charge on any atom is -0.508 e. The second-order valence-corrected chi connectivity index (χ2v) is 14.2. The minimum absolute atomic E-state index is 0.0247. The molecule has 4 heterocycles. The summed E-state index contributed by atoms with van der Waals surface area (Å²) in [5.41, 5.74) is -0.857. The minimum atomic E-state index is -0.970. The summed E-state index contributed by atoms with van der Waals surface area (Å²) in [5.74, 6) is -2.24. The number of phenolic OH excluding ortho intramolecular Hbond substituents is 1. The summed E-state index contributed by atoms with van der Waals surface area (Å²) in [7, 11) is 0. The molecule has 0 bridgehead atoms. The molecule has 11 heteroatoms. The fraction of sp³-hybridized carbons (Fsp3) is 0.500. The summed E-state index contributed by atoms with van der Waals surface area (Å²) in [6.07, 6.45) is 4.10. The molecule has 2 N–H and O–H groups in total. The number of hydrogen-bond donors (Lipinski definition) is 2. The number of piperidine rings is 1. The number of aryl methyl sites for hydroxylation is 1. The maximum atomic E-state index is 17.0. The van der Waals surface area contributed by atoms with Gasteiger partial charge in [0, 0.05) is 31.4 Å². The first kappa shape index (κ1) is 30.6. The summed E-state index contributed by atoms with van der Waals surface area (Å²) in [6, 6.07) is 6.60. The van der Waals surface area contributed by atoms with Crippen LogP contribution in [-0.2, 0) is 6.42 Å². The van der Waals surface area contributed by atoms with Gasteiger partial charge in [-0.1, -0.05) is 13.0 Å². The largest absolute Gasteiger partial charge is 0.508 e. The van der Waals surface area contributed by atoms with E-state index in [-0.39, 0.29) is 58.3 Å². The van der Waals surface area contributed by atoms with Gasteiger partial charge in [0.2, 0.25) is 0 Å². The molecule has 0 amide bonds. The number of aromatic hydroxyl groups is 1. The number of aliphatic hydroxyl groups is 1. The van der Waals surface area contributed by atoms with E-state index in [4.69, 9.17) is 9.72 Å². The molecule has 3 saturated heterocycles. The van der Waals surface area contributed by atoms with E-state index in [9.17, 15) is 19.0 Å². The summed E-state index contributed by atoms with van der Waals surface area (Å²) in [6.45, 7) is 4.21. The SMILES string of the molecule is CCc1c(F)ccc2cc(O)cc(-c3c(F)cc4c(N5CCCC6(CC(O)C6)C5)nc(OC[C@@]56CCCN5C[C@H](F)C6)nc4c3F)c12. The van der Waals surface area contributed by atoms with E-state index >= 15 is 8.78 Å². The first-order valence-corrected chi connectivity index (χ1v) is 16.7. The Balaban J connectivity index is 1.29. The monoisotopic (exact) mass is 650 g/mol. The lowest BCUT2D eigenvalue weighted by Crippen LogP contribution is -2.52. The first-order valence-electron chi connectivity index (χ1n) is 16.7. The molecule has 4 aliphatic rings. The summed E-state index contributed by atoms with van der Waals surface area (Å²) >= 11 is 0. The van der Waals surface area contributed by atoms with Crippen molar-refractivity contribution in [1.82, 2.24) is 14.9 Å². The molecular formula is C36H38F4N4O3. The number of nitrogens with zero attached hydrogens (tertiary/aromatic N) is 4. The highest BCUT2D eigenvalue weighted by molar-refractivity contribution is 6.03. The van der Waals surface area contributed by atoms with Gasteiger partial charge in [0.05, 0.1) is 17.2 Å². The van der Waals surface area contributed by atoms with Crippen molar-refractivity contribution < 1.29 is 32.5 Å². The van der Waals surface area contributed by atoms with Gasteiger partial charge in [-0.2, -0.15) is 9.97 Å². The number of halogens is 4. The number of alkyl halides is 1. The van der Waals surface area contributed by atoms with E-state index in [1.54, 1.807) is 6.92 Å². The molecule has 2 atom stereocenters. The van der Waals surface area contributed by atoms with E-state index in [1.807, 2.05) is 4.90 Å². The second-order valence-electron chi connectivity index (χ2n) is 14.2. The molecule has 1 spiro atoms. The van der Waals surface area contributed by atoms with Crippen LogP contribution >= 0.6 is 0 Å². The maximum absolute atomic E-state index is 17.0. The third kappa shape index (κ3) is 4.99. The standard InChI is InChI=1S/C36H38F4N4O3/c1-2-24-27(38)6-5-20-11-22(45)12-25(29(20)24)30-28(39)13-26-32(31(30)40)41-34(47-19-36-8-4-10-44(36)17-21(37)14-36)42-33(26)43-9-3-7-35(18-43)15-23(46)16-35/h5-6,11-13,21,23,45-46H,2-4,7-10,14-19H2,1H3/t21-,23?,35?,36+/m1/s1. The molecule has 7 nitrogen and oxygen atoms in total. The second kappa shape index (κ2) is 11.2. The van der Waals surface area contributed by atoms with Crippen molar-refractivity contribution in [1.29, 1.82) is 0 Å². The molecule has 0 radical (unpaired) electrons. The highest BCUT2D eigenvalue weighted by Crippen LogP contribution is 2.49. The van der Waals surface area contributed by atoms with Crippen molar-refractivity contribution in [2.24, 2.45) is 5.41 Å². The van der Waals surface area contributed by atoms with Crippen molar-refractivity contribution in [3.05, 3.63) is 53.3 Å². The molecular weight excluding hydrogens is 612 g/mol. The molecule has 4 fully saturated rings. The van der Waals surface area contributed by atoms with E-state index in [0.717, 1.165) is 32.2 Å². The average Bonchev–Trinajstić information content (AvgIpc) is 3.55. The van der Waals surface area contributed by atoms with Crippen LogP contribution in [-0.4, -0.2) is 75.7 Å². The van der Waals surface area contributed by atoms with Crippen molar-refractivity contribution in [3.8, 4) is 22.9 Å². The quantitative estimate of drug-likeness (QED) is 0.222. The van der Waals surface area contributed by atoms with Crippen LogP contribution in [0.4, 0.5) is 23.4 Å². The Hall–Kier alpha value is -3.70.